The summed E-state index contributed by atoms with van der Waals surface area (Å²) in [6.45, 7) is 6.60. The van der Waals surface area contributed by atoms with Crippen LogP contribution in [0.25, 0.3) is 11.0 Å². The molecule has 0 fully saturated rings. The summed E-state index contributed by atoms with van der Waals surface area (Å²) in [7, 11) is 0. The van der Waals surface area contributed by atoms with Crippen LogP contribution in [0.2, 0.25) is 10.0 Å². The van der Waals surface area contributed by atoms with Crippen LogP contribution in [0.3, 0.4) is 0 Å². The molecule has 2 rings (SSSR count). The van der Waals surface area contributed by atoms with E-state index < -0.39 is 0 Å². The molecule has 0 radical (unpaired) electrons. The first-order valence-electron chi connectivity index (χ1n) is 6.41. The molecule has 1 heterocycles. The smallest absolute Gasteiger partial charge is 0.125 e. The lowest BCUT2D eigenvalue weighted by Gasteiger charge is -2.22. The molecule has 0 aliphatic heterocycles. The van der Waals surface area contributed by atoms with Gasteiger partial charge in [-0.3, -0.25) is 0 Å². The van der Waals surface area contributed by atoms with Crippen LogP contribution < -0.4 is 0 Å². The fourth-order valence-electron chi connectivity index (χ4n) is 2.28. The van der Waals surface area contributed by atoms with Crippen molar-refractivity contribution in [2.75, 3.05) is 0 Å². The summed E-state index contributed by atoms with van der Waals surface area (Å²) in [5.74, 6) is 1.78. The average molecular weight is 320 g/mol. The predicted octanol–water partition coefficient (Wildman–Crippen LogP) is 5.69. The largest absolute Gasteiger partial charge is 0.324 e. The van der Waals surface area contributed by atoms with Crippen molar-refractivity contribution in [1.82, 2.24) is 9.55 Å². The summed E-state index contributed by atoms with van der Waals surface area (Å²) < 4.78 is 2.18. The summed E-state index contributed by atoms with van der Waals surface area (Å²) in [5, 5.41) is 1.07. The number of nitrogens with zero attached hydrogens (tertiary/aromatic N) is 2. The Morgan fingerprint density at radius 3 is 2.42 bits per heavy atom. The number of aromatic nitrogens is 2. The lowest BCUT2D eigenvalue weighted by Crippen LogP contribution is -2.15. The maximum Gasteiger partial charge on any atom is 0.125 e. The molecule has 19 heavy (non-hydrogen) atoms. The normalized spacial score (nSPS) is 14.8. The Hall–Kier alpha value is -0.440. The molecule has 0 aliphatic rings. The van der Waals surface area contributed by atoms with Gasteiger partial charge in [-0.25, -0.2) is 4.98 Å². The zero-order valence-corrected chi connectivity index (χ0v) is 13.5. The zero-order chi connectivity index (χ0) is 14.2. The predicted molar refractivity (Wildman–Crippen MR) is 83.5 cm³/mol. The van der Waals surface area contributed by atoms with E-state index in [1.165, 1.54) is 0 Å². The second kappa shape index (κ2) is 5.90. The van der Waals surface area contributed by atoms with Crippen LogP contribution in [0.4, 0.5) is 0 Å². The minimum absolute atomic E-state index is 0.320. The van der Waals surface area contributed by atoms with Crippen molar-refractivity contribution in [3.8, 4) is 0 Å². The van der Waals surface area contributed by atoms with E-state index in [9.17, 15) is 0 Å². The third-order valence-electron chi connectivity index (χ3n) is 3.80. The summed E-state index contributed by atoms with van der Waals surface area (Å²) in [6.07, 6.45) is 1.10. The molecule has 2 unspecified atom stereocenters. The molecule has 104 valence electrons. The third kappa shape index (κ3) is 2.72. The minimum Gasteiger partial charge on any atom is -0.324 e. The molecule has 0 N–H and O–H groups in total. The number of hydrogen-bond acceptors (Lipinski definition) is 1. The van der Waals surface area contributed by atoms with Crippen LogP contribution in [0.1, 0.15) is 39.1 Å². The molecule has 0 amide bonds. The van der Waals surface area contributed by atoms with Crippen LogP contribution in [-0.2, 0) is 5.88 Å². The number of hydrogen-bond donors (Lipinski definition) is 0. The second-order valence-corrected chi connectivity index (χ2v) is 5.99. The Morgan fingerprint density at radius 1 is 1.21 bits per heavy atom. The number of fused-ring (bicyclic) bond motifs is 1. The van der Waals surface area contributed by atoms with Gasteiger partial charge in [0.15, 0.2) is 0 Å². The van der Waals surface area contributed by atoms with Crippen LogP contribution in [-0.4, -0.2) is 9.55 Å². The van der Waals surface area contributed by atoms with Gasteiger partial charge in [-0.05, 0) is 25.0 Å². The fraction of sp³-hybridized carbons (Fsp3) is 0.500. The summed E-state index contributed by atoms with van der Waals surface area (Å²) in [6, 6.07) is 4.00. The van der Waals surface area contributed by atoms with Gasteiger partial charge in [-0.1, -0.05) is 43.5 Å². The molecule has 0 spiro atoms. The maximum atomic E-state index is 6.12. The van der Waals surface area contributed by atoms with Gasteiger partial charge in [0.1, 0.15) is 5.82 Å². The highest BCUT2D eigenvalue weighted by molar-refractivity contribution is 6.42. The SMILES string of the molecule is CCC(C)C(C)n1c(CCl)nc2cc(Cl)c(Cl)cc21. The molecule has 1 aromatic heterocycles. The molecular weight excluding hydrogens is 303 g/mol. The molecule has 5 heteroatoms. The number of benzene rings is 1. The van der Waals surface area contributed by atoms with Crippen molar-refractivity contribution >= 4 is 45.8 Å². The maximum absolute atomic E-state index is 6.12. The first-order chi connectivity index (χ1) is 8.99. The lowest BCUT2D eigenvalue weighted by atomic mass is 10.0. The molecule has 0 saturated heterocycles. The van der Waals surface area contributed by atoms with Crippen molar-refractivity contribution in [3.63, 3.8) is 0 Å². The van der Waals surface area contributed by atoms with Crippen molar-refractivity contribution in [1.29, 1.82) is 0 Å². The van der Waals surface area contributed by atoms with Crippen molar-refractivity contribution in [2.45, 2.75) is 39.1 Å². The number of imidazole rings is 1. The zero-order valence-electron chi connectivity index (χ0n) is 11.3. The topological polar surface area (TPSA) is 17.8 Å². The van der Waals surface area contributed by atoms with Gasteiger partial charge >= 0.3 is 0 Å². The van der Waals surface area contributed by atoms with Crippen LogP contribution >= 0.6 is 34.8 Å². The Labute approximate surface area is 128 Å². The van der Waals surface area contributed by atoms with Gasteiger partial charge in [-0.2, -0.15) is 0 Å². The van der Waals surface area contributed by atoms with Gasteiger partial charge in [0.2, 0.25) is 0 Å². The van der Waals surface area contributed by atoms with E-state index in [1.807, 2.05) is 6.07 Å². The molecule has 0 saturated carbocycles. The summed E-state index contributed by atoms with van der Waals surface area (Å²) in [4.78, 5) is 4.56. The fourth-order valence-corrected chi connectivity index (χ4v) is 2.79. The quantitative estimate of drug-likeness (QED) is 0.662. The standard InChI is InChI=1S/C14H17Cl3N2/c1-4-8(2)9(3)19-13-6-11(17)10(16)5-12(13)18-14(19)7-15/h5-6,8-9H,4,7H2,1-3H3. The number of rotatable bonds is 4. The Morgan fingerprint density at radius 2 is 1.84 bits per heavy atom. The molecular formula is C14H17Cl3N2. The van der Waals surface area contributed by atoms with Gasteiger partial charge in [0.25, 0.3) is 0 Å². The van der Waals surface area contributed by atoms with Crippen molar-refractivity contribution in [2.24, 2.45) is 5.92 Å². The van der Waals surface area contributed by atoms with Crippen LogP contribution in [0, 0.1) is 5.92 Å². The van der Waals surface area contributed by atoms with E-state index in [1.54, 1.807) is 6.07 Å². The lowest BCUT2D eigenvalue weighted by molar-refractivity contribution is 0.371. The molecule has 2 aromatic rings. The van der Waals surface area contributed by atoms with Crippen molar-refractivity contribution in [3.05, 3.63) is 28.0 Å². The Balaban J connectivity index is 2.66. The van der Waals surface area contributed by atoms with Gasteiger partial charge in [0, 0.05) is 6.04 Å². The van der Waals surface area contributed by atoms with Gasteiger partial charge in [0.05, 0.1) is 27.0 Å². The molecule has 2 nitrogen and oxygen atoms in total. The Bertz CT molecular complexity index is 592. The third-order valence-corrected chi connectivity index (χ3v) is 4.76. The monoisotopic (exact) mass is 318 g/mol. The van der Waals surface area contributed by atoms with Crippen LogP contribution in [0.5, 0.6) is 0 Å². The summed E-state index contributed by atoms with van der Waals surface area (Å²) >= 11 is 18.2. The Kier molecular flexibility index (Phi) is 4.65. The number of alkyl halides is 1. The highest BCUT2D eigenvalue weighted by Gasteiger charge is 2.20. The van der Waals surface area contributed by atoms with E-state index in [4.69, 9.17) is 34.8 Å². The highest BCUT2D eigenvalue weighted by Crippen LogP contribution is 2.33. The second-order valence-electron chi connectivity index (χ2n) is 4.91. The van der Waals surface area contributed by atoms with Crippen LogP contribution in [0.15, 0.2) is 12.1 Å². The van der Waals surface area contributed by atoms with E-state index in [0.29, 0.717) is 27.9 Å². The molecule has 1 aromatic carbocycles. The van der Waals surface area contributed by atoms with E-state index in [-0.39, 0.29) is 0 Å². The van der Waals surface area contributed by atoms with Crippen molar-refractivity contribution < 1.29 is 0 Å². The van der Waals surface area contributed by atoms with E-state index >= 15 is 0 Å². The minimum atomic E-state index is 0.320. The first-order valence-corrected chi connectivity index (χ1v) is 7.70. The van der Waals surface area contributed by atoms with Gasteiger partial charge in [-0.15, -0.1) is 11.6 Å². The molecule has 2 atom stereocenters. The van der Waals surface area contributed by atoms with Gasteiger partial charge < -0.3 is 4.57 Å². The average Bonchev–Trinajstić information content (AvgIpc) is 2.75. The van der Waals surface area contributed by atoms with E-state index in [0.717, 1.165) is 23.3 Å². The van der Waals surface area contributed by atoms with E-state index in [2.05, 4.69) is 30.3 Å². The summed E-state index contributed by atoms with van der Waals surface area (Å²) in [5.41, 5.74) is 1.85. The highest BCUT2D eigenvalue weighted by atomic mass is 35.5. The molecule has 0 aliphatic carbocycles. The first kappa shape index (κ1) is 15.0. The molecule has 0 bridgehead atoms. The number of halogens is 3.